The van der Waals surface area contributed by atoms with Gasteiger partial charge in [-0.15, -0.1) is 0 Å². The van der Waals surface area contributed by atoms with Crippen molar-refractivity contribution in [1.82, 2.24) is 30.2 Å². The number of amides is 8. The van der Waals surface area contributed by atoms with Gasteiger partial charge >= 0.3 is 0 Å². The van der Waals surface area contributed by atoms with Crippen molar-refractivity contribution in [1.29, 1.82) is 0 Å². The van der Waals surface area contributed by atoms with Gasteiger partial charge in [0.05, 0.1) is 47.7 Å². The molecule has 612 valence electrons. The molecule has 2 fully saturated rings. The number of hydrogen-bond acceptors (Lipinski definition) is 14. The zero-order chi connectivity index (χ0) is 83.7. The number of hydrogen-bond donors (Lipinski definition) is 2. The molecule has 9 aromatic carbocycles. The standard InChI is InChI=1S/C96H114N6O14/c1-53(2)41-71(91(109)99(49-55(5)6)39-37-77(103)97-47-65-51-111-65)101-87(105)67-43-73(113-61-29-21-57(22-30-61)93(9,10)11)81-83-75(115-63-33-25-59(26-34-63)95(15,16)17)45-69-80-70(90(108)102(89(69)107)72(42-54(3)4)92(110)100(50-56(7)8)40-38-78(104)98-48-66-52-112-66)46-76(116-64-35-27-60(28-36-64)96(18,19)20)84(86(80)83)82-74(44-68(88(101)106)79(67)85(81)82)114-62-31-23-58(24-32-62)94(12,13)14/h21-36,43-46,53-56,65-66,71-72H,37-42,47-52H2,1-20H3,(H,97,103)(H,98,104). The molecule has 4 heterocycles. The van der Waals surface area contributed by atoms with Crippen LogP contribution < -0.4 is 29.6 Å². The summed E-state index contributed by atoms with van der Waals surface area (Å²) in [5.74, 6) is -3.59. The van der Waals surface area contributed by atoms with E-state index in [1.54, 1.807) is 34.1 Å². The summed E-state index contributed by atoms with van der Waals surface area (Å²) in [7, 11) is 0. The van der Waals surface area contributed by atoms with Crippen molar-refractivity contribution in [3.63, 3.8) is 0 Å². The van der Waals surface area contributed by atoms with E-state index in [2.05, 4.69) is 93.7 Å². The average Bonchev–Trinajstić information content (AvgIpc) is 0.725. The van der Waals surface area contributed by atoms with Gasteiger partial charge in [0.2, 0.25) is 23.6 Å². The number of carbonyl (C=O) groups excluding carboxylic acids is 8. The second kappa shape index (κ2) is 32.6. The van der Waals surface area contributed by atoms with Gasteiger partial charge < -0.3 is 48.9 Å². The molecule has 4 atom stereocenters. The van der Waals surface area contributed by atoms with Crippen LogP contribution in [0.25, 0.3) is 43.1 Å². The molecule has 0 aliphatic carbocycles. The minimum Gasteiger partial charge on any atom is -0.457 e. The van der Waals surface area contributed by atoms with Gasteiger partial charge in [-0.3, -0.25) is 48.2 Å². The second-order valence-electron chi connectivity index (χ2n) is 37.8. The summed E-state index contributed by atoms with van der Waals surface area (Å²) >= 11 is 0. The molecular weight excluding hydrogens is 1460 g/mol. The Balaban J connectivity index is 1.15. The first-order chi connectivity index (χ1) is 54.6. The molecule has 4 aliphatic rings. The van der Waals surface area contributed by atoms with Gasteiger partial charge in [-0.05, 0) is 153 Å². The average molecular weight is 1580 g/mol. The van der Waals surface area contributed by atoms with E-state index in [9.17, 15) is 9.59 Å². The molecule has 2 saturated heterocycles. The van der Waals surface area contributed by atoms with Gasteiger partial charge in [0.25, 0.3) is 23.6 Å². The third kappa shape index (κ3) is 17.8. The van der Waals surface area contributed by atoms with E-state index in [1.807, 2.05) is 152 Å². The summed E-state index contributed by atoms with van der Waals surface area (Å²) < 4.78 is 40.5. The summed E-state index contributed by atoms with van der Waals surface area (Å²) in [4.78, 5) is 132. The highest BCUT2D eigenvalue weighted by atomic mass is 16.6. The molecule has 20 heteroatoms. The summed E-state index contributed by atoms with van der Waals surface area (Å²) in [6.45, 7) is 43.1. The molecule has 13 rings (SSSR count). The fourth-order valence-corrected chi connectivity index (χ4v) is 15.9. The maximum absolute atomic E-state index is 16.8. The van der Waals surface area contributed by atoms with Crippen LogP contribution in [0.3, 0.4) is 0 Å². The van der Waals surface area contributed by atoms with Gasteiger partial charge in [0.15, 0.2) is 0 Å². The van der Waals surface area contributed by atoms with Crippen LogP contribution in [0.15, 0.2) is 121 Å². The molecule has 20 nitrogen and oxygen atoms in total. The normalized spacial score (nSPS) is 16.2. The Morgan fingerprint density at radius 2 is 0.621 bits per heavy atom. The molecule has 0 radical (unpaired) electrons. The smallest absolute Gasteiger partial charge is 0.262 e. The van der Waals surface area contributed by atoms with Gasteiger partial charge in [-0.2, -0.15) is 0 Å². The minimum absolute atomic E-state index is 0.00203. The third-order valence-electron chi connectivity index (χ3n) is 22.2. The molecule has 4 unspecified atom stereocenters. The van der Waals surface area contributed by atoms with Crippen molar-refractivity contribution < 1.29 is 66.8 Å². The summed E-state index contributed by atoms with van der Waals surface area (Å²) in [5, 5.41) is 7.96. The first kappa shape index (κ1) is 83.5. The Morgan fingerprint density at radius 1 is 0.379 bits per heavy atom. The van der Waals surface area contributed by atoms with E-state index in [0.29, 0.717) is 49.3 Å². The fraction of sp³-hybridized carbons (Fsp3) is 0.458. The quantitative estimate of drug-likeness (QED) is 0.0184. The van der Waals surface area contributed by atoms with Crippen LogP contribution in [0.1, 0.15) is 228 Å². The molecule has 4 aliphatic heterocycles. The van der Waals surface area contributed by atoms with Gasteiger partial charge in [0, 0.05) is 95.2 Å². The summed E-state index contributed by atoms with van der Waals surface area (Å²) in [5.41, 5.74) is 2.94. The first-order valence-corrected chi connectivity index (χ1v) is 41.2. The topological polar surface area (TPSA) is 236 Å². The number of imide groups is 2. The number of nitrogens with zero attached hydrogens (tertiary/aromatic N) is 4. The van der Waals surface area contributed by atoms with Crippen LogP contribution in [0.5, 0.6) is 46.0 Å². The lowest BCUT2D eigenvalue weighted by Crippen LogP contribution is -2.56. The Kier molecular flexibility index (Phi) is 23.4. The van der Waals surface area contributed by atoms with Crippen molar-refractivity contribution >= 4 is 90.3 Å². The number of ether oxygens (including phenoxy) is 6. The summed E-state index contributed by atoms with van der Waals surface area (Å²) in [6.07, 6.45) is -0.106. The van der Waals surface area contributed by atoms with Crippen LogP contribution in [0, 0.1) is 23.7 Å². The third-order valence-corrected chi connectivity index (χ3v) is 22.2. The highest BCUT2D eigenvalue weighted by Gasteiger charge is 2.48. The maximum atomic E-state index is 16.8. The number of epoxide rings is 2. The van der Waals surface area contributed by atoms with Gasteiger partial charge in [-0.25, -0.2) is 0 Å². The molecule has 9 aromatic rings. The number of carbonyl (C=O) groups is 8. The molecule has 0 saturated carbocycles. The zero-order valence-corrected chi connectivity index (χ0v) is 71.2. The predicted molar refractivity (Wildman–Crippen MR) is 454 cm³/mol. The number of nitrogens with one attached hydrogen (secondary N) is 2. The Labute approximate surface area is 681 Å². The number of fused-ring (bicyclic) bond motifs is 2. The van der Waals surface area contributed by atoms with E-state index >= 15 is 28.8 Å². The Bertz CT molecular complexity index is 4710. The SMILES string of the molecule is CC(C)CC(C(=O)N(CCC(=O)NCC1CO1)CC(C)C)N1C(=O)c2cc(Oc3ccc(C(C)(C)C)cc3)c3c4c(Oc5ccc(C(C)(C)C)cc5)cc5c6c(cc(Oc7ccc(C(C)(C)C)cc7)c(c7c(Oc8ccc(C(C)(C)C)cc8)cc(c2c37)C1=O)c64)C(=O)N(C(CC(C)C)C(=O)N(CCC(=O)NCC1CO1)CC(C)C)C5=O. The van der Waals surface area contributed by atoms with E-state index in [4.69, 9.17) is 28.4 Å². The Hall–Kier alpha value is -10.4. The van der Waals surface area contributed by atoms with E-state index in [0.717, 1.165) is 32.1 Å². The molecule has 0 bridgehead atoms. The molecule has 0 spiro atoms. The summed E-state index contributed by atoms with van der Waals surface area (Å²) in [6, 6.07) is 34.4. The number of rotatable bonds is 30. The lowest BCUT2D eigenvalue weighted by Gasteiger charge is -2.38. The molecule has 2 N–H and O–H groups in total. The highest BCUT2D eigenvalue weighted by molar-refractivity contribution is 6.45. The Morgan fingerprint density at radius 3 is 0.828 bits per heavy atom. The van der Waals surface area contributed by atoms with Crippen molar-refractivity contribution in [2.45, 2.75) is 210 Å². The maximum Gasteiger partial charge on any atom is 0.262 e. The van der Waals surface area contributed by atoms with Crippen LogP contribution in [-0.4, -0.2) is 144 Å². The largest absolute Gasteiger partial charge is 0.457 e. The lowest BCUT2D eigenvalue weighted by atomic mass is 9.80. The molecule has 0 aromatic heterocycles. The van der Waals surface area contributed by atoms with Crippen LogP contribution in [0.2, 0.25) is 0 Å². The monoisotopic (exact) mass is 1570 g/mol. The van der Waals surface area contributed by atoms with E-state index in [1.165, 1.54) is 0 Å². The molecule has 116 heavy (non-hydrogen) atoms. The van der Waals surface area contributed by atoms with Gasteiger partial charge in [0.1, 0.15) is 58.1 Å². The van der Waals surface area contributed by atoms with Crippen molar-refractivity contribution in [2.24, 2.45) is 23.7 Å². The van der Waals surface area contributed by atoms with E-state index < -0.39 is 47.5 Å². The van der Waals surface area contributed by atoms with E-state index in [-0.39, 0.29) is 210 Å². The minimum atomic E-state index is -1.38. The zero-order valence-electron chi connectivity index (χ0n) is 71.2. The van der Waals surface area contributed by atoms with Crippen LogP contribution >= 0.6 is 0 Å². The van der Waals surface area contributed by atoms with Crippen LogP contribution in [-0.2, 0) is 50.3 Å². The van der Waals surface area contributed by atoms with Gasteiger partial charge in [-0.1, -0.05) is 187 Å². The first-order valence-electron chi connectivity index (χ1n) is 41.2. The lowest BCUT2D eigenvalue weighted by molar-refractivity contribution is -0.138. The van der Waals surface area contributed by atoms with Crippen LogP contribution in [0.4, 0.5) is 0 Å². The molecule has 8 amide bonds. The van der Waals surface area contributed by atoms with Crippen molar-refractivity contribution in [3.05, 3.63) is 166 Å². The second-order valence-corrected chi connectivity index (χ2v) is 37.8. The predicted octanol–water partition coefficient (Wildman–Crippen LogP) is 18.9. The van der Waals surface area contributed by atoms with Crippen molar-refractivity contribution in [3.8, 4) is 46.0 Å². The number of benzene rings is 9. The highest BCUT2D eigenvalue weighted by Crippen LogP contribution is 2.59. The molecular formula is C96H114N6O14. The van der Waals surface area contributed by atoms with Crippen molar-refractivity contribution in [2.75, 3.05) is 52.5 Å². The fourth-order valence-electron chi connectivity index (χ4n) is 15.9.